The number of rotatable bonds is 3. The van der Waals surface area contributed by atoms with Crippen molar-refractivity contribution in [2.24, 2.45) is 0 Å². The van der Waals surface area contributed by atoms with Gasteiger partial charge in [-0.3, -0.25) is 0 Å². The summed E-state index contributed by atoms with van der Waals surface area (Å²) in [5.41, 5.74) is 22.2. The molecule has 0 aromatic heterocycles. The lowest BCUT2D eigenvalue weighted by atomic mass is 9.75. The largest absolute Gasteiger partial charge is 0.0801 e. The van der Waals surface area contributed by atoms with Crippen molar-refractivity contribution in [2.45, 2.75) is 85.0 Å². The summed E-state index contributed by atoms with van der Waals surface area (Å²) in [5.74, 6) is 0. The molecular formula is C41H42. The second kappa shape index (κ2) is 9.18. The Kier molecular flexibility index (Phi) is 5.88. The average Bonchev–Trinajstić information content (AvgIpc) is 3.67. The van der Waals surface area contributed by atoms with E-state index in [1.54, 1.807) is 0 Å². The predicted octanol–water partition coefficient (Wildman–Crippen LogP) is 11.0. The van der Waals surface area contributed by atoms with Crippen LogP contribution in [0.2, 0.25) is 0 Å². The van der Waals surface area contributed by atoms with Crippen molar-refractivity contribution in [3.05, 3.63) is 123 Å². The highest BCUT2D eigenvalue weighted by molar-refractivity contribution is 5.97. The molecule has 0 unspecified atom stereocenters. The molecule has 0 nitrogen and oxygen atoms in total. The summed E-state index contributed by atoms with van der Waals surface area (Å²) in [6, 6.07) is 23.8. The van der Waals surface area contributed by atoms with Crippen molar-refractivity contribution in [3.8, 4) is 33.4 Å². The van der Waals surface area contributed by atoms with Crippen molar-refractivity contribution < 1.29 is 0 Å². The molecule has 3 aliphatic carbocycles. The van der Waals surface area contributed by atoms with E-state index in [-0.39, 0.29) is 10.8 Å². The maximum Gasteiger partial charge on any atom is -0.000707 e. The van der Waals surface area contributed by atoms with Crippen molar-refractivity contribution in [1.82, 2.24) is 0 Å². The summed E-state index contributed by atoms with van der Waals surface area (Å²) in [4.78, 5) is 0. The van der Waals surface area contributed by atoms with Gasteiger partial charge in [0.25, 0.3) is 0 Å². The Hall–Kier alpha value is -3.64. The third-order valence-electron chi connectivity index (χ3n) is 9.65. The molecule has 3 aliphatic rings. The minimum Gasteiger partial charge on any atom is -0.0801 e. The molecule has 0 fully saturated rings. The van der Waals surface area contributed by atoms with Crippen LogP contribution in [0.4, 0.5) is 0 Å². The Labute approximate surface area is 246 Å². The third-order valence-corrected chi connectivity index (χ3v) is 9.65. The van der Waals surface area contributed by atoms with Gasteiger partial charge in [0.15, 0.2) is 0 Å². The lowest BCUT2D eigenvalue weighted by Crippen LogP contribution is -2.15. The Morgan fingerprint density at radius 3 is 2.12 bits per heavy atom. The van der Waals surface area contributed by atoms with E-state index in [1.807, 2.05) is 0 Å². The monoisotopic (exact) mass is 534 g/mol. The van der Waals surface area contributed by atoms with Gasteiger partial charge in [0.05, 0.1) is 0 Å². The third kappa shape index (κ3) is 4.10. The smallest absolute Gasteiger partial charge is 0.000707 e. The zero-order valence-corrected chi connectivity index (χ0v) is 25.8. The number of allylic oxidation sites excluding steroid dienone is 4. The molecular weight excluding hydrogens is 492 g/mol. The van der Waals surface area contributed by atoms with Crippen LogP contribution in [-0.4, -0.2) is 0 Å². The summed E-state index contributed by atoms with van der Waals surface area (Å²) in [6.07, 6.45) is 11.0. The topological polar surface area (TPSA) is 0 Å². The lowest BCUT2D eigenvalue weighted by molar-refractivity contribution is 0.589. The fourth-order valence-electron chi connectivity index (χ4n) is 7.62. The summed E-state index contributed by atoms with van der Waals surface area (Å²) >= 11 is 0. The summed E-state index contributed by atoms with van der Waals surface area (Å²) in [5, 5.41) is 0. The van der Waals surface area contributed by atoms with Gasteiger partial charge in [-0.1, -0.05) is 121 Å². The van der Waals surface area contributed by atoms with Crippen LogP contribution in [0, 0.1) is 0 Å². The zero-order valence-electron chi connectivity index (χ0n) is 25.8. The Morgan fingerprint density at radius 2 is 1.41 bits per heavy atom. The first-order valence-corrected chi connectivity index (χ1v) is 15.5. The second-order valence-corrected chi connectivity index (χ2v) is 14.4. The molecule has 0 bridgehead atoms. The van der Waals surface area contributed by atoms with Crippen LogP contribution in [0.5, 0.6) is 0 Å². The van der Waals surface area contributed by atoms with Crippen molar-refractivity contribution in [2.75, 3.05) is 0 Å². The van der Waals surface area contributed by atoms with E-state index < -0.39 is 0 Å². The van der Waals surface area contributed by atoms with E-state index in [9.17, 15) is 0 Å². The van der Waals surface area contributed by atoms with Crippen molar-refractivity contribution >= 4 is 5.57 Å². The molecule has 0 saturated heterocycles. The van der Waals surface area contributed by atoms with Gasteiger partial charge in [0.2, 0.25) is 0 Å². The van der Waals surface area contributed by atoms with Crippen LogP contribution < -0.4 is 0 Å². The molecule has 0 saturated carbocycles. The summed E-state index contributed by atoms with van der Waals surface area (Å²) in [6.45, 7) is 16.5. The molecule has 206 valence electrons. The molecule has 0 radical (unpaired) electrons. The summed E-state index contributed by atoms with van der Waals surface area (Å²) < 4.78 is 0. The SMILES string of the molecule is CCc1c(C2=CC=CC2)c(-c2c(C(C)(C)C)ccc3c2Cc2cc(C(C)(C)C)ccc2-3)cc2c1-c1ccccc1C2. The highest BCUT2D eigenvalue weighted by Crippen LogP contribution is 2.52. The van der Waals surface area contributed by atoms with Gasteiger partial charge in [-0.15, -0.1) is 0 Å². The van der Waals surface area contributed by atoms with Crippen LogP contribution in [0.3, 0.4) is 0 Å². The van der Waals surface area contributed by atoms with E-state index in [4.69, 9.17) is 0 Å². The fraction of sp³-hybridized carbons (Fsp3) is 0.317. The number of hydrogen-bond acceptors (Lipinski definition) is 0. The molecule has 0 atom stereocenters. The molecule has 4 aromatic carbocycles. The number of benzene rings is 4. The van der Waals surface area contributed by atoms with Crippen LogP contribution in [-0.2, 0) is 30.1 Å². The minimum absolute atomic E-state index is 0.0314. The van der Waals surface area contributed by atoms with Crippen LogP contribution in [0.1, 0.15) is 99.4 Å². The van der Waals surface area contributed by atoms with Crippen LogP contribution in [0.15, 0.2) is 78.9 Å². The maximum atomic E-state index is 2.59. The Bertz CT molecular complexity index is 1790. The van der Waals surface area contributed by atoms with Crippen molar-refractivity contribution in [3.63, 3.8) is 0 Å². The van der Waals surface area contributed by atoms with E-state index in [1.165, 1.54) is 83.5 Å². The molecule has 0 N–H and O–H groups in total. The zero-order chi connectivity index (χ0) is 28.7. The molecule has 7 rings (SSSR count). The molecule has 4 aromatic rings. The van der Waals surface area contributed by atoms with Crippen LogP contribution >= 0.6 is 0 Å². The molecule has 0 amide bonds. The van der Waals surface area contributed by atoms with Gasteiger partial charge >= 0.3 is 0 Å². The van der Waals surface area contributed by atoms with Crippen molar-refractivity contribution in [1.29, 1.82) is 0 Å². The lowest BCUT2D eigenvalue weighted by Gasteiger charge is -2.29. The standard InChI is InChI=1S/C41H42/c1-8-30-37(25-13-9-10-14-25)35(24-28-21-26-15-11-12-16-32(26)38(28)30)39-34-23-27-22-29(40(2,3)4)17-18-31(27)33(34)19-20-36(39)41(5,6)7/h9-13,15-20,22,24H,8,14,21,23H2,1-7H3. The van der Waals surface area contributed by atoms with Gasteiger partial charge in [0, 0.05) is 0 Å². The first kappa shape index (κ1) is 26.3. The second-order valence-electron chi connectivity index (χ2n) is 14.4. The predicted molar refractivity (Wildman–Crippen MR) is 177 cm³/mol. The van der Waals surface area contributed by atoms with Crippen LogP contribution in [0.25, 0.3) is 39.0 Å². The normalized spacial score (nSPS) is 15.0. The maximum absolute atomic E-state index is 2.59. The van der Waals surface area contributed by atoms with Gasteiger partial charge in [-0.25, -0.2) is 0 Å². The highest BCUT2D eigenvalue weighted by Gasteiger charge is 2.33. The number of hydrogen-bond donors (Lipinski definition) is 0. The Balaban J connectivity index is 1.54. The van der Waals surface area contributed by atoms with E-state index in [0.29, 0.717) is 0 Å². The minimum atomic E-state index is 0.0314. The van der Waals surface area contributed by atoms with Gasteiger partial charge in [-0.2, -0.15) is 0 Å². The first-order valence-electron chi connectivity index (χ1n) is 15.5. The molecule has 0 spiro atoms. The molecule has 0 aliphatic heterocycles. The molecule has 0 heteroatoms. The quantitative estimate of drug-likeness (QED) is 0.212. The highest BCUT2D eigenvalue weighted by atomic mass is 14.4. The van der Waals surface area contributed by atoms with E-state index in [2.05, 4.69) is 127 Å². The molecule has 41 heavy (non-hydrogen) atoms. The molecule has 0 heterocycles. The number of fused-ring (bicyclic) bond motifs is 6. The fourth-order valence-corrected chi connectivity index (χ4v) is 7.62. The van der Waals surface area contributed by atoms with Gasteiger partial charge < -0.3 is 0 Å². The Morgan fingerprint density at radius 1 is 0.634 bits per heavy atom. The van der Waals surface area contributed by atoms with Gasteiger partial charge in [0.1, 0.15) is 0 Å². The summed E-state index contributed by atoms with van der Waals surface area (Å²) in [7, 11) is 0. The van der Waals surface area contributed by atoms with Gasteiger partial charge in [-0.05, 0) is 126 Å². The van der Waals surface area contributed by atoms with E-state index in [0.717, 1.165) is 25.7 Å². The average molecular weight is 535 g/mol. The first-order chi connectivity index (χ1) is 19.6. The van der Waals surface area contributed by atoms with E-state index >= 15 is 0 Å².